The number of fused-ring (bicyclic) bond motifs is 5. The van der Waals surface area contributed by atoms with Crippen LogP contribution in [0.2, 0.25) is 0 Å². The van der Waals surface area contributed by atoms with Gasteiger partial charge >= 0.3 is 0 Å². The summed E-state index contributed by atoms with van der Waals surface area (Å²) < 4.78 is 32.3. The van der Waals surface area contributed by atoms with Crippen LogP contribution in [-0.4, -0.2) is 64.5 Å². The zero-order chi connectivity index (χ0) is 28.9. The van der Waals surface area contributed by atoms with Gasteiger partial charge in [0.25, 0.3) is 10.1 Å². The van der Waals surface area contributed by atoms with E-state index in [1.54, 1.807) is 4.90 Å². The largest absolute Gasteiger partial charge is 0.393 e. The Kier molecular flexibility index (Phi) is 9.04. The molecule has 10 atom stereocenters. The molecule has 5 saturated carbocycles. The van der Waals surface area contributed by atoms with Crippen molar-refractivity contribution in [2.75, 3.05) is 12.3 Å². The van der Waals surface area contributed by atoms with Gasteiger partial charge in [0, 0.05) is 19.0 Å². The van der Waals surface area contributed by atoms with Crippen LogP contribution in [-0.2, 0) is 14.9 Å². The minimum atomic E-state index is -4.12. The summed E-state index contributed by atoms with van der Waals surface area (Å²) in [5.74, 6) is 2.56. The van der Waals surface area contributed by atoms with Gasteiger partial charge in [-0.3, -0.25) is 9.35 Å². The van der Waals surface area contributed by atoms with Crippen LogP contribution in [0.3, 0.4) is 0 Å². The predicted octanol–water partition coefficient (Wildman–Crippen LogP) is 5.44. The summed E-state index contributed by atoms with van der Waals surface area (Å²) in [6, 6.07) is 0.0705. The summed E-state index contributed by atoms with van der Waals surface area (Å²) in [7, 11) is -4.12. The first-order valence-electron chi connectivity index (χ1n) is 16.4. The van der Waals surface area contributed by atoms with Crippen LogP contribution in [0, 0.1) is 46.3 Å². The summed E-state index contributed by atoms with van der Waals surface area (Å²) in [5, 5.41) is 22.2. The first kappa shape index (κ1) is 30.7. The third kappa shape index (κ3) is 5.77. The average Bonchev–Trinajstić information content (AvgIpc) is 3.27. The predicted molar refractivity (Wildman–Crippen MR) is 156 cm³/mol. The van der Waals surface area contributed by atoms with Gasteiger partial charge in [0.05, 0.1) is 18.0 Å². The summed E-state index contributed by atoms with van der Waals surface area (Å²) in [6.07, 6.45) is 14.2. The SMILES string of the molecule is C[C@H](CCC(=O)N(CCS(=O)(=O)O)C1CCCCC1)[C@H]1CC[C@H]2[C@@H]3CC[C@@H]4C[C@H](O)CC[C@]4(C)[C@H]3C[C@H](O)[C@]12C. The zero-order valence-corrected chi connectivity index (χ0v) is 26.0. The molecular weight excluding hydrogens is 526 g/mol. The molecule has 0 unspecified atom stereocenters. The Labute approximate surface area is 242 Å². The van der Waals surface area contributed by atoms with E-state index < -0.39 is 15.9 Å². The third-order valence-electron chi connectivity index (χ3n) is 13.2. The molecule has 0 radical (unpaired) electrons. The fourth-order valence-electron chi connectivity index (χ4n) is 11.0. The van der Waals surface area contributed by atoms with Crippen molar-refractivity contribution < 1.29 is 28.0 Å². The van der Waals surface area contributed by atoms with E-state index in [0.29, 0.717) is 41.9 Å². The van der Waals surface area contributed by atoms with Crippen molar-refractivity contribution in [3.05, 3.63) is 0 Å². The summed E-state index contributed by atoms with van der Waals surface area (Å²) in [4.78, 5) is 15.2. The lowest BCUT2D eigenvalue weighted by molar-refractivity contribution is -0.175. The zero-order valence-electron chi connectivity index (χ0n) is 25.1. The van der Waals surface area contributed by atoms with Crippen molar-refractivity contribution in [1.82, 2.24) is 4.90 Å². The Morgan fingerprint density at radius 1 is 0.950 bits per heavy atom. The molecule has 0 aliphatic heterocycles. The lowest BCUT2D eigenvalue weighted by Gasteiger charge is -2.62. The number of hydrogen-bond acceptors (Lipinski definition) is 5. The second-order valence-electron chi connectivity index (χ2n) is 15.1. The molecule has 8 heteroatoms. The molecule has 0 aromatic heterocycles. The summed E-state index contributed by atoms with van der Waals surface area (Å²) >= 11 is 0. The molecule has 230 valence electrons. The molecule has 5 fully saturated rings. The van der Waals surface area contributed by atoms with Crippen LogP contribution in [0.5, 0.6) is 0 Å². The number of carbonyl (C=O) groups excluding carboxylic acids is 1. The molecule has 1 amide bonds. The Bertz CT molecular complexity index is 1010. The molecule has 7 nitrogen and oxygen atoms in total. The molecule has 5 aliphatic rings. The van der Waals surface area contributed by atoms with E-state index in [9.17, 15) is 28.0 Å². The van der Waals surface area contributed by atoms with Crippen LogP contribution in [0.4, 0.5) is 0 Å². The van der Waals surface area contributed by atoms with Gasteiger partial charge in [-0.05, 0) is 117 Å². The fourth-order valence-corrected chi connectivity index (χ4v) is 11.4. The molecule has 5 rings (SSSR count). The van der Waals surface area contributed by atoms with Crippen molar-refractivity contribution in [1.29, 1.82) is 0 Å². The highest BCUT2D eigenvalue weighted by molar-refractivity contribution is 7.85. The van der Waals surface area contributed by atoms with Crippen LogP contribution in [0.15, 0.2) is 0 Å². The highest BCUT2D eigenvalue weighted by atomic mass is 32.2. The van der Waals surface area contributed by atoms with Crippen LogP contribution < -0.4 is 0 Å². The fraction of sp³-hybridized carbons (Fsp3) is 0.969. The smallest absolute Gasteiger partial charge is 0.266 e. The van der Waals surface area contributed by atoms with E-state index in [2.05, 4.69) is 20.8 Å². The quantitative estimate of drug-likeness (QED) is 0.329. The van der Waals surface area contributed by atoms with Crippen molar-refractivity contribution in [3.8, 4) is 0 Å². The Morgan fingerprint density at radius 2 is 1.68 bits per heavy atom. The van der Waals surface area contributed by atoms with Crippen LogP contribution in [0.1, 0.15) is 117 Å². The van der Waals surface area contributed by atoms with Gasteiger partial charge in [-0.25, -0.2) is 0 Å². The van der Waals surface area contributed by atoms with Crippen molar-refractivity contribution in [2.24, 2.45) is 46.3 Å². The molecule has 0 aromatic rings. The third-order valence-corrected chi connectivity index (χ3v) is 13.9. The van der Waals surface area contributed by atoms with E-state index in [0.717, 1.165) is 77.0 Å². The van der Waals surface area contributed by atoms with Gasteiger partial charge in [0.1, 0.15) is 0 Å². The Hall–Kier alpha value is -0.700. The van der Waals surface area contributed by atoms with E-state index in [1.807, 2.05) is 0 Å². The molecular formula is C32H55NO6S. The highest BCUT2D eigenvalue weighted by Gasteiger charge is 2.63. The number of carbonyl (C=O) groups is 1. The second kappa shape index (κ2) is 11.8. The first-order valence-corrected chi connectivity index (χ1v) is 18.1. The number of nitrogens with zero attached hydrogens (tertiary/aromatic N) is 1. The molecule has 3 N–H and O–H groups in total. The molecule has 0 aromatic carbocycles. The number of rotatable bonds is 8. The average molecular weight is 582 g/mol. The maximum absolute atomic E-state index is 13.5. The summed E-state index contributed by atoms with van der Waals surface area (Å²) in [6.45, 7) is 7.12. The van der Waals surface area contributed by atoms with E-state index in [-0.39, 0.29) is 41.5 Å². The van der Waals surface area contributed by atoms with Gasteiger partial charge < -0.3 is 15.1 Å². The lowest BCUT2D eigenvalue weighted by Crippen LogP contribution is -2.58. The van der Waals surface area contributed by atoms with Gasteiger partial charge in [-0.2, -0.15) is 8.42 Å². The van der Waals surface area contributed by atoms with Crippen molar-refractivity contribution >= 4 is 16.0 Å². The monoisotopic (exact) mass is 581 g/mol. The van der Waals surface area contributed by atoms with Gasteiger partial charge in [-0.1, -0.05) is 40.0 Å². The first-order chi connectivity index (χ1) is 18.8. The lowest BCUT2D eigenvalue weighted by atomic mass is 9.43. The summed E-state index contributed by atoms with van der Waals surface area (Å²) in [5.41, 5.74) is 0.0975. The standard InChI is InChI=1S/C32H55NO6S/c1-21(9-14-30(36)33(17-18-40(37,38)39)23-7-5-4-6-8-23)26-12-13-27-25-11-10-22-19-24(34)15-16-31(22,2)28(25)20-29(35)32(26,27)3/h21-29,34-35H,4-20H2,1-3H3,(H,37,38,39)/t21-,22-,24-,25+,26-,27+,28+,29+,31+,32-/m1/s1. The van der Waals surface area contributed by atoms with Crippen molar-refractivity contribution in [3.63, 3.8) is 0 Å². The molecule has 5 aliphatic carbocycles. The maximum Gasteiger partial charge on any atom is 0.266 e. The van der Waals surface area contributed by atoms with Gasteiger partial charge in [0.15, 0.2) is 0 Å². The number of aliphatic hydroxyl groups excluding tert-OH is 2. The minimum absolute atomic E-state index is 0.0112. The van der Waals surface area contributed by atoms with Gasteiger partial charge in [-0.15, -0.1) is 0 Å². The molecule has 0 heterocycles. The van der Waals surface area contributed by atoms with E-state index >= 15 is 0 Å². The van der Waals surface area contributed by atoms with E-state index in [1.165, 1.54) is 12.8 Å². The molecule has 0 saturated heterocycles. The van der Waals surface area contributed by atoms with Gasteiger partial charge in [0.2, 0.25) is 5.91 Å². The topological polar surface area (TPSA) is 115 Å². The number of aliphatic hydroxyl groups is 2. The molecule has 0 spiro atoms. The van der Waals surface area contributed by atoms with Crippen molar-refractivity contribution in [2.45, 2.75) is 135 Å². The minimum Gasteiger partial charge on any atom is -0.393 e. The molecule has 0 bridgehead atoms. The van der Waals surface area contributed by atoms with E-state index in [4.69, 9.17) is 0 Å². The number of amides is 1. The molecule has 40 heavy (non-hydrogen) atoms. The Balaban J connectivity index is 1.25. The maximum atomic E-state index is 13.5. The number of hydrogen-bond donors (Lipinski definition) is 3. The van der Waals surface area contributed by atoms with Crippen LogP contribution in [0.25, 0.3) is 0 Å². The Morgan fingerprint density at radius 3 is 2.38 bits per heavy atom. The van der Waals surface area contributed by atoms with Crippen LogP contribution >= 0.6 is 0 Å². The highest BCUT2D eigenvalue weighted by Crippen LogP contribution is 2.68. The normalized spacial score (nSPS) is 42.9. The second-order valence-corrected chi connectivity index (χ2v) is 16.6.